The van der Waals surface area contributed by atoms with E-state index in [2.05, 4.69) is 16.5 Å². The van der Waals surface area contributed by atoms with Crippen molar-refractivity contribution in [1.29, 1.82) is 0 Å². The number of para-hydroxylation sites is 2. The lowest BCUT2D eigenvalue weighted by Gasteiger charge is -2.10. The topological polar surface area (TPSA) is 46.0 Å². The number of rotatable bonds is 7. The number of aliphatic hydroxyl groups excluding tert-OH is 1. The van der Waals surface area contributed by atoms with Gasteiger partial charge in [0.2, 0.25) is 0 Å². The van der Waals surface area contributed by atoms with Crippen molar-refractivity contribution in [1.82, 2.24) is 9.97 Å². The minimum Gasteiger partial charge on any atom is -0.387 e. The highest BCUT2D eigenvalue weighted by atomic mass is 16.3. The molecule has 0 aliphatic rings. The largest absolute Gasteiger partial charge is 0.387 e. The highest BCUT2D eigenvalue weighted by Crippen LogP contribution is 2.19. The van der Waals surface area contributed by atoms with Gasteiger partial charge in [0.05, 0.1) is 29.0 Å². The number of hydrogen-bond donors (Lipinski definition) is 1. The van der Waals surface area contributed by atoms with Gasteiger partial charge >= 0.3 is 0 Å². The van der Waals surface area contributed by atoms with Gasteiger partial charge in [0.15, 0.2) is 0 Å². The van der Waals surface area contributed by atoms with E-state index >= 15 is 0 Å². The van der Waals surface area contributed by atoms with Crippen LogP contribution in [-0.4, -0.2) is 15.1 Å². The van der Waals surface area contributed by atoms with Crippen molar-refractivity contribution in [2.45, 2.75) is 38.2 Å². The molecule has 0 saturated carbocycles. The van der Waals surface area contributed by atoms with Crippen LogP contribution in [0.15, 0.2) is 43.1 Å². The zero-order valence-electron chi connectivity index (χ0n) is 11.1. The molecule has 0 bridgehead atoms. The van der Waals surface area contributed by atoms with E-state index in [1.54, 1.807) is 6.20 Å². The van der Waals surface area contributed by atoms with Gasteiger partial charge in [-0.1, -0.05) is 31.1 Å². The summed E-state index contributed by atoms with van der Waals surface area (Å²) in [6.45, 7) is 3.70. The second-order valence-electron chi connectivity index (χ2n) is 4.73. The van der Waals surface area contributed by atoms with Crippen molar-refractivity contribution in [3.63, 3.8) is 0 Å². The number of allylic oxidation sites excluding steroid dienone is 1. The molecule has 0 aliphatic carbocycles. The van der Waals surface area contributed by atoms with E-state index in [9.17, 15) is 5.11 Å². The van der Waals surface area contributed by atoms with Crippen LogP contribution in [0.25, 0.3) is 11.0 Å². The minimum atomic E-state index is -0.513. The lowest BCUT2D eigenvalue weighted by molar-refractivity contribution is 0.159. The lowest BCUT2D eigenvalue weighted by atomic mass is 10.1. The fraction of sp³-hybridized carbons (Fsp3) is 0.375. The first-order chi connectivity index (χ1) is 9.31. The number of aliphatic hydroxyl groups is 1. The monoisotopic (exact) mass is 256 g/mol. The molecule has 0 aliphatic heterocycles. The number of benzene rings is 1. The summed E-state index contributed by atoms with van der Waals surface area (Å²) >= 11 is 0. The van der Waals surface area contributed by atoms with Gasteiger partial charge in [-0.05, 0) is 31.4 Å². The van der Waals surface area contributed by atoms with Crippen molar-refractivity contribution in [2.75, 3.05) is 0 Å². The Hall–Kier alpha value is -1.74. The molecule has 0 amide bonds. The van der Waals surface area contributed by atoms with Crippen LogP contribution in [0, 0.1) is 0 Å². The molecule has 0 spiro atoms. The molecule has 19 heavy (non-hydrogen) atoms. The van der Waals surface area contributed by atoms with Crippen molar-refractivity contribution in [3.8, 4) is 0 Å². The molecule has 1 aromatic heterocycles. The Balaban J connectivity index is 1.93. The summed E-state index contributed by atoms with van der Waals surface area (Å²) < 4.78 is 0. The summed E-state index contributed by atoms with van der Waals surface area (Å²) in [6, 6.07) is 7.71. The normalized spacial score (nSPS) is 12.5. The Kier molecular flexibility index (Phi) is 5.04. The van der Waals surface area contributed by atoms with Crippen LogP contribution >= 0.6 is 0 Å². The van der Waals surface area contributed by atoms with E-state index in [0.717, 1.165) is 43.1 Å². The van der Waals surface area contributed by atoms with E-state index in [1.165, 1.54) is 0 Å². The highest BCUT2D eigenvalue weighted by molar-refractivity contribution is 5.73. The molecule has 1 aromatic carbocycles. The molecule has 3 heteroatoms. The number of aromatic nitrogens is 2. The van der Waals surface area contributed by atoms with Gasteiger partial charge in [-0.25, -0.2) is 4.98 Å². The SMILES string of the molecule is C=CCCCCCC(O)c1cnc2ccccc2n1. The summed E-state index contributed by atoms with van der Waals surface area (Å²) in [5.41, 5.74) is 2.37. The predicted molar refractivity (Wildman–Crippen MR) is 77.8 cm³/mol. The Morgan fingerprint density at radius 3 is 2.74 bits per heavy atom. The van der Waals surface area contributed by atoms with Gasteiger partial charge in [0.25, 0.3) is 0 Å². The second-order valence-corrected chi connectivity index (χ2v) is 4.73. The van der Waals surface area contributed by atoms with Gasteiger partial charge in [0, 0.05) is 0 Å². The summed E-state index contributed by atoms with van der Waals surface area (Å²) in [7, 11) is 0. The first-order valence-corrected chi connectivity index (χ1v) is 6.82. The Labute approximate surface area is 114 Å². The van der Waals surface area contributed by atoms with Crippen LogP contribution in [0.5, 0.6) is 0 Å². The number of nitrogens with zero attached hydrogens (tertiary/aromatic N) is 2. The average Bonchev–Trinajstić information content (AvgIpc) is 2.46. The first kappa shape index (κ1) is 13.7. The Morgan fingerprint density at radius 2 is 1.95 bits per heavy atom. The van der Waals surface area contributed by atoms with Gasteiger partial charge in [-0.2, -0.15) is 0 Å². The van der Waals surface area contributed by atoms with Crippen LogP contribution < -0.4 is 0 Å². The maximum atomic E-state index is 10.1. The molecule has 0 fully saturated rings. The predicted octanol–water partition coefficient (Wildman–Crippen LogP) is 3.80. The lowest BCUT2D eigenvalue weighted by Crippen LogP contribution is -2.01. The fourth-order valence-electron chi connectivity index (χ4n) is 2.08. The van der Waals surface area contributed by atoms with E-state index in [-0.39, 0.29) is 0 Å². The van der Waals surface area contributed by atoms with E-state index in [0.29, 0.717) is 5.69 Å². The second kappa shape index (κ2) is 7.00. The van der Waals surface area contributed by atoms with Crippen LogP contribution in [0.1, 0.15) is 43.9 Å². The van der Waals surface area contributed by atoms with Crippen molar-refractivity contribution in [3.05, 3.63) is 48.8 Å². The van der Waals surface area contributed by atoms with Crippen LogP contribution in [-0.2, 0) is 0 Å². The van der Waals surface area contributed by atoms with Crippen LogP contribution in [0.4, 0.5) is 0 Å². The highest BCUT2D eigenvalue weighted by Gasteiger charge is 2.10. The van der Waals surface area contributed by atoms with Crippen LogP contribution in [0.2, 0.25) is 0 Å². The fourth-order valence-corrected chi connectivity index (χ4v) is 2.08. The molecular formula is C16H20N2O. The van der Waals surface area contributed by atoms with Crippen LogP contribution in [0.3, 0.4) is 0 Å². The Morgan fingerprint density at radius 1 is 1.16 bits per heavy atom. The zero-order valence-corrected chi connectivity index (χ0v) is 11.1. The van der Waals surface area contributed by atoms with Crippen molar-refractivity contribution in [2.24, 2.45) is 0 Å². The molecule has 0 saturated heterocycles. The molecule has 1 heterocycles. The molecule has 2 rings (SSSR count). The zero-order chi connectivity index (χ0) is 13.5. The molecule has 1 unspecified atom stereocenters. The summed E-state index contributed by atoms with van der Waals surface area (Å²) in [5, 5.41) is 10.1. The summed E-state index contributed by atoms with van der Waals surface area (Å²) in [5.74, 6) is 0. The molecule has 0 radical (unpaired) electrons. The molecule has 1 atom stereocenters. The quantitative estimate of drug-likeness (QED) is 0.605. The van der Waals surface area contributed by atoms with Crippen molar-refractivity contribution >= 4 is 11.0 Å². The minimum absolute atomic E-state index is 0.513. The molecule has 2 aromatic rings. The first-order valence-electron chi connectivity index (χ1n) is 6.82. The van der Waals surface area contributed by atoms with E-state index in [4.69, 9.17) is 0 Å². The average molecular weight is 256 g/mol. The molecular weight excluding hydrogens is 236 g/mol. The third kappa shape index (κ3) is 3.86. The van der Waals surface area contributed by atoms with Gasteiger partial charge in [-0.3, -0.25) is 4.98 Å². The van der Waals surface area contributed by atoms with Gasteiger partial charge < -0.3 is 5.11 Å². The summed E-state index contributed by atoms with van der Waals surface area (Å²) in [6.07, 6.45) is 8.14. The third-order valence-electron chi connectivity index (χ3n) is 3.19. The number of unbranched alkanes of at least 4 members (excludes halogenated alkanes) is 3. The molecule has 1 N–H and O–H groups in total. The number of fused-ring (bicyclic) bond motifs is 1. The third-order valence-corrected chi connectivity index (χ3v) is 3.19. The van der Waals surface area contributed by atoms with Gasteiger partial charge in [-0.15, -0.1) is 6.58 Å². The maximum absolute atomic E-state index is 10.1. The molecule has 100 valence electrons. The Bertz CT molecular complexity index is 539. The van der Waals surface area contributed by atoms with E-state index < -0.39 is 6.10 Å². The smallest absolute Gasteiger partial charge is 0.0975 e. The summed E-state index contributed by atoms with van der Waals surface area (Å²) in [4.78, 5) is 8.79. The number of hydrogen-bond acceptors (Lipinski definition) is 3. The van der Waals surface area contributed by atoms with E-state index in [1.807, 2.05) is 30.3 Å². The van der Waals surface area contributed by atoms with Crippen molar-refractivity contribution < 1.29 is 5.11 Å². The maximum Gasteiger partial charge on any atom is 0.0975 e. The standard InChI is InChI=1S/C16H20N2O/c1-2-3-4-5-6-11-16(19)15-12-17-13-9-7-8-10-14(13)18-15/h2,7-10,12,16,19H,1,3-6,11H2. The molecule has 3 nitrogen and oxygen atoms in total. The van der Waals surface area contributed by atoms with Gasteiger partial charge in [0.1, 0.15) is 0 Å².